The summed E-state index contributed by atoms with van der Waals surface area (Å²) in [5.74, 6) is -0.0753. The highest BCUT2D eigenvalue weighted by Gasteiger charge is 2.30. The first kappa shape index (κ1) is 14.3. The predicted octanol–water partition coefficient (Wildman–Crippen LogP) is 2.17. The summed E-state index contributed by atoms with van der Waals surface area (Å²) >= 11 is 1.34. The molecule has 3 N–H and O–H groups in total. The molecule has 2 aromatic rings. The van der Waals surface area contributed by atoms with Gasteiger partial charge in [-0.15, -0.1) is 11.3 Å². The highest BCUT2D eigenvalue weighted by molar-refractivity contribution is 7.21. The van der Waals surface area contributed by atoms with Crippen molar-refractivity contribution in [2.45, 2.75) is 32.2 Å². The van der Waals surface area contributed by atoms with E-state index in [1.165, 1.54) is 11.3 Å². The Labute approximate surface area is 127 Å². The molecular formula is C15H19N3O2S. The van der Waals surface area contributed by atoms with Crippen LogP contribution in [0.4, 0.5) is 5.69 Å². The molecule has 3 heterocycles. The first-order valence-corrected chi connectivity index (χ1v) is 8.00. The third kappa shape index (κ3) is 2.38. The number of amides is 1. The van der Waals surface area contributed by atoms with Crippen molar-refractivity contribution in [1.29, 1.82) is 0 Å². The molecule has 3 rings (SSSR count). The lowest BCUT2D eigenvalue weighted by atomic mass is 10.0. The highest BCUT2D eigenvalue weighted by atomic mass is 32.1. The van der Waals surface area contributed by atoms with Crippen LogP contribution in [0.2, 0.25) is 0 Å². The smallest absolute Gasteiger partial charge is 0.266 e. The van der Waals surface area contributed by atoms with Gasteiger partial charge in [0.15, 0.2) is 0 Å². The Morgan fingerprint density at radius 1 is 1.57 bits per heavy atom. The van der Waals surface area contributed by atoms with Crippen LogP contribution in [0.5, 0.6) is 0 Å². The van der Waals surface area contributed by atoms with Crippen LogP contribution < -0.4 is 5.73 Å². The summed E-state index contributed by atoms with van der Waals surface area (Å²) < 4.78 is 0. The molecule has 112 valence electrons. The molecular weight excluding hydrogens is 286 g/mol. The number of aliphatic hydroxyl groups is 1. The van der Waals surface area contributed by atoms with Crippen molar-refractivity contribution >= 4 is 33.1 Å². The molecule has 0 bridgehead atoms. The van der Waals surface area contributed by atoms with E-state index in [-0.39, 0.29) is 18.6 Å². The van der Waals surface area contributed by atoms with Crippen LogP contribution in [0.15, 0.2) is 12.3 Å². The van der Waals surface area contributed by atoms with Crippen molar-refractivity contribution in [1.82, 2.24) is 9.88 Å². The van der Waals surface area contributed by atoms with Gasteiger partial charge in [-0.2, -0.15) is 0 Å². The third-order valence-electron chi connectivity index (χ3n) is 4.13. The summed E-state index contributed by atoms with van der Waals surface area (Å²) in [6.07, 6.45) is 4.62. The van der Waals surface area contributed by atoms with Gasteiger partial charge < -0.3 is 15.7 Å². The number of carbonyl (C=O) groups is 1. The van der Waals surface area contributed by atoms with Crippen LogP contribution >= 0.6 is 11.3 Å². The Morgan fingerprint density at radius 2 is 2.38 bits per heavy atom. The van der Waals surface area contributed by atoms with Gasteiger partial charge in [0.25, 0.3) is 5.91 Å². The number of anilines is 1. The zero-order chi connectivity index (χ0) is 15.0. The molecule has 2 aromatic heterocycles. The lowest BCUT2D eigenvalue weighted by Gasteiger charge is -2.34. The van der Waals surface area contributed by atoms with Gasteiger partial charge in [0.1, 0.15) is 9.71 Å². The number of carbonyl (C=O) groups excluding carboxylic acids is 1. The first-order chi connectivity index (χ1) is 10.1. The van der Waals surface area contributed by atoms with Gasteiger partial charge in [-0.1, -0.05) is 0 Å². The van der Waals surface area contributed by atoms with Gasteiger partial charge in [0.05, 0.1) is 18.3 Å². The number of nitrogen functional groups attached to an aromatic ring is 1. The van der Waals surface area contributed by atoms with Crippen molar-refractivity contribution in [2.24, 2.45) is 0 Å². The van der Waals surface area contributed by atoms with Gasteiger partial charge >= 0.3 is 0 Å². The molecule has 0 radical (unpaired) electrons. The van der Waals surface area contributed by atoms with Crippen LogP contribution in [-0.4, -0.2) is 40.1 Å². The van der Waals surface area contributed by atoms with Crippen molar-refractivity contribution in [3.63, 3.8) is 0 Å². The largest absolute Gasteiger partial charge is 0.397 e. The molecule has 1 saturated heterocycles. The van der Waals surface area contributed by atoms with E-state index in [0.717, 1.165) is 35.0 Å². The topological polar surface area (TPSA) is 79.5 Å². The molecule has 1 amide bonds. The normalized spacial score (nSPS) is 19.1. The van der Waals surface area contributed by atoms with Gasteiger partial charge in [0.2, 0.25) is 0 Å². The number of nitrogens with two attached hydrogens (primary N) is 1. The average molecular weight is 305 g/mol. The Balaban J connectivity index is 2.01. The Morgan fingerprint density at radius 3 is 3.10 bits per heavy atom. The molecule has 6 heteroatoms. The molecule has 5 nitrogen and oxygen atoms in total. The number of aliphatic hydroxyl groups excluding tert-OH is 1. The average Bonchev–Trinajstić information content (AvgIpc) is 2.85. The maximum Gasteiger partial charge on any atom is 0.266 e. The number of pyridine rings is 1. The lowest BCUT2D eigenvalue weighted by Crippen LogP contribution is -2.45. The van der Waals surface area contributed by atoms with Crippen LogP contribution in [-0.2, 0) is 0 Å². The second-order valence-corrected chi connectivity index (χ2v) is 6.48. The molecule has 1 aliphatic rings. The summed E-state index contributed by atoms with van der Waals surface area (Å²) in [4.78, 5) is 20.2. The Hall–Kier alpha value is -1.66. The number of fused-ring (bicyclic) bond motifs is 1. The lowest BCUT2D eigenvalue weighted by molar-refractivity contribution is 0.0509. The third-order valence-corrected chi connectivity index (χ3v) is 5.23. The van der Waals surface area contributed by atoms with Crippen LogP contribution in [0.25, 0.3) is 10.2 Å². The Kier molecular flexibility index (Phi) is 3.82. The van der Waals surface area contributed by atoms with Gasteiger partial charge in [-0.05, 0) is 37.8 Å². The fraction of sp³-hybridized carbons (Fsp3) is 0.467. The molecule has 1 aliphatic heterocycles. The van der Waals surface area contributed by atoms with Gasteiger partial charge in [0, 0.05) is 18.1 Å². The molecule has 1 fully saturated rings. The SMILES string of the molecule is Cc1ccnc2sc(C(=O)N3CCCCC3CO)c(N)c12. The summed E-state index contributed by atoms with van der Waals surface area (Å²) in [5.41, 5.74) is 7.75. The second-order valence-electron chi connectivity index (χ2n) is 5.48. The van der Waals surface area contributed by atoms with Crippen molar-refractivity contribution in [3.05, 3.63) is 22.7 Å². The molecule has 0 aromatic carbocycles. The summed E-state index contributed by atoms with van der Waals surface area (Å²) in [6, 6.07) is 1.81. The number of nitrogens with zero attached hydrogens (tertiary/aromatic N) is 2. The number of thiophene rings is 1. The number of hydrogen-bond donors (Lipinski definition) is 2. The van der Waals surface area contributed by atoms with E-state index in [1.54, 1.807) is 11.1 Å². The highest BCUT2D eigenvalue weighted by Crippen LogP contribution is 2.36. The summed E-state index contributed by atoms with van der Waals surface area (Å²) in [6.45, 7) is 2.66. The van der Waals surface area contributed by atoms with Crippen molar-refractivity contribution in [2.75, 3.05) is 18.9 Å². The minimum Gasteiger partial charge on any atom is -0.397 e. The van der Waals surface area contributed by atoms with Crippen LogP contribution in [0.1, 0.15) is 34.5 Å². The van der Waals surface area contributed by atoms with Gasteiger partial charge in [-0.25, -0.2) is 4.98 Å². The van der Waals surface area contributed by atoms with Crippen LogP contribution in [0, 0.1) is 6.92 Å². The quantitative estimate of drug-likeness (QED) is 0.891. The molecule has 21 heavy (non-hydrogen) atoms. The molecule has 0 aliphatic carbocycles. The van der Waals surface area contributed by atoms with Crippen LogP contribution in [0.3, 0.4) is 0 Å². The number of aryl methyl sites for hydroxylation is 1. The van der Waals surface area contributed by atoms with E-state index in [1.807, 2.05) is 13.0 Å². The maximum absolute atomic E-state index is 12.8. The number of piperidine rings is 1. The summed E-state index contributed by atoms with van der Waals surface area (Å²) in [7, 11) is 0. The van der Waals surface area contributed by atoms with E-state index in [9.17, 15) is 9.90 Å². The fourth-order valence-electron chi connectivity index (χ4n) is 2.95. The number of hydrogen-bond acceptors (Lipinski definition) is 5. The zero-order valence-electron chi connectivity index (χ0n) is 12.0. The standard InChI is InChI=1S/C15H19N3O2S/c1-9-5-6-17-14-11(9)12(16)13(21-14)15(20)18-7-3-2-4-10(18)8-19/h5-6,10,19H,2-4,7-8,16H2,1H3. The minimum atomic E-state index is -0.0927. The van der Waals surface area contributed by atoms with Crippen molar-refractivity contribution in [3.8, 4) is 0 Å². The van der Waals surface area contributed by atoms with E-state index in [0.29, 0.717) is 17.1 Å². The predicted molar refractivity (Wildman–Crippen MR) is 84.5 cm³/mol. The number of rotatable bonds is 2. The molecule has 1 atom stereocenters. The second kappa shape index (κ2) is 5.61. The first-order valence-electron chi connectivity index (χ1n) is 7.19. The monoisotopic (exact) mass is 305 g/mol. The van der Waals surface area contributed by atoms with E-state index in [4.69, 9.17) is 5.73 Å². The Bertz CT molecular complexity index is 683. The van der Waals surface area contributed by atoms with E-state index >= 15 is 0 Å². The maximum atomic E-state index is 12.8. The fourth-order valence-corrected chi connectivity index (χ4v) is 4.05. The minimum absolute atomic E-state index is 0.00776. The zero-order valence-corrected chi connectivity index (χ0v) is 12.8. The van der Waals surface area contributed by atoms with Crippen molar-refractivity contribution < 1.29 is 9.90 Å². The number of aromatic nitrogens is 1. The van der Waals surface area contributed by atoms with E-state index in [2.05, 4.69) is 4.98 Å². The summed E-state index contributed by atoms with van der Waals surface area (Å²) in [5, 5.41) is 10.4. The molecule has 0 saturated carbocycles. The number of likely N-dealkylation sites (tertiary alicyclic amines) is 1. The molecule has 0 spiro atoms. The molecule has 1 unspecified atom stereocenters. The van der Waals surface area contributed by atoms with E-state index < -0.39 is 0 Å². The van der Waals surface area contributed by atoms with Gasteiger partial charge in [-0.3, -0.25) is 4.79 Å².